The summed E-state index contributed by atoms with van der Waals surface area (Å²) in [6.45, 7) is 1.96. The summed E-state index contributed by atoms with van der Waals surface area (Å²) in [7, 11) is -3.77. The van der Waals surface area contributed by atoms with E-state index in [1.54, 1.807) is 48.5 Å². The third kappa shape index (κ3) is 9.40. The third-order valence-corrected chi connectivity index (χ3v) is 8.31. The van der Waals surface area contributed by atoms with Crippen LogP contribution in [0.4, 0.5) is 24.5 Å². The number of carbonyl (C=O) groups excluding carboxylic acids is 1. The Bertz CT molecular complexity index is 1680. The SMILES string of the molecule is CCc1cc(C(=O)NC(Cc2ccccc2)C(O)CNCc2cccc(C(F)(F)F)c2)cc(N(c2ccccc2)S(C)(=O)=O)c1. The summed E-state index contributed by atoms with van der Waals surface area (Å²) < 4.78 is 66.3. The molecule has 0 aliphatic rings. The van der Waals surface area contributed by atoms with Gasteiger partial charge in [-0.1, -0.05) is 73.7 Å². The largest absolute Gasteiger partial charge is 0.416 e. The van der Waals surface area contributed by atoms with Crippen molar-refractivity contribution in [1.29, 1.82) is 0 Å². The molecule has 3 N–H and O–H groups in total. The molecule has 0 heterocycles. The van der Waals surface area contributed by atoms with Gasteiger partial charge in [0, 0.05) is 18.7 Å². The van der Waals surface area contributed by atoms with Crippen LogP contribution in [0.25, 0.3) is 0 Å². The molecule has 1 amide bonds. The van der Waals surface area contributed by atoms with Gasteiger partial charge in [0.2, 0.25) is 10.0 Å². The van der Waals surface area contributed by atoms with Gasteiger partial charge in [0.15, 0.2) is 0 Å². The summed E-state index contributed by atoms with van der Waals surface area (Å²) in [5.41, 5.74) is 2.18. The second-order valence-electron chi connectivity index (χ2n) is 10.8. The van der Waals surface area contributed by atoms with Crippen molar-refractivity contribution in [3.63, 3.8) is 0 Å². The van der Waals surface area contributed by atoms with E-state index in [4.69, 9.17) is 0 Å². The predicted octanol–water partition coefficient (Wildman–Crippen LogP) is 5.86. The van der Waals surface area contributed by atoms with Crippen LogP contribution in [0.15, 0.2) is 103 Å². The number of nitrogens with zero attached hydrogens (tertiary/aromatic N) is 1. The maximum absolute atomic E-state index is 13.7. The molecule has 4 aromatic rings. The van der Waals surface area contributed by atoms with Gasteiger partial charge in [0.05, 0.1) is 35.3 Å². The average Bonchev–Trinajstić information content (AvgIpc) is 3.00. The summed E-state index contributed by atoms with van der Waals surface area (Å²) in [5.74, 6) is -0.508. The molecule has 0 aliphatic carbocycles. The maximum atomic E-state index is 13.7. The lowest BCUT2D eigenvalue weighted by Gasteiger charge is -2.26. The first kappa shape index (κ1) is 33.7. The number of anilines is 2. The van der Waals surface area contributed by atoms with Gasteiger partial charge in [-0.05, 0) is 65.9 Å². The fourth-order valence-electron chi connectivity index (χ4n) is 4.99. The van der Waals surface area contributed by atoms with Gasteiger partial charge >= 0.3 is 6.18 Å². The molecule has 7 nitrogen and oxygen atoms in total. The zero-order valence-corrected chi connectivity index (χ0v) is 25.8. The van der Waals surface area contributed by atoms with Gasteiger partial charge in [0.25, 0.3) is 5.91 Å². The zero-order chi connectivity index (χ0) is 32.6. The normalized spacial score (nSPS) is 13.2. The van der Waals surface area contributed by atoms with Gasteiger partial charge in [-0.25, -0.2) is 12.7 Å². The number of halogens is 3. The number of aryl methyl sites for hydroxylation is 1. The van der Waals surface area contributed by atoms with E-state index in [-0.39, 0.29) is 25.1 Å². The Balaban J connectivity index is 1.57. The van der Waals surface area contributed by atoms with Crippen molar-refractivity contribution in [1.82, 2.24) is 10.6 Å². The number of para-hydroxylation sites is 1. The Hall–Kier alpha value is -4.19. The molecule has 0 aliphatic heterocycles. The second kappa shape index (κ2) is 14.7. The number of hydrogen-bond donors (Lipinski definition) is 3. The Labute approximate surface area is 261 Å². The van der Waals surface area contributed by atoms with Crippen LogP contribution < -0.4 is 14.9 Å². The van der Waals surface area contributed by atoms with E-state index in [1.807, 2.05) is 37.3 Å². The molecule has 0 aromatic heterocycles. The maximum Gasteiger partial charge on any atom is 0.416 e. The number of aliphatic hydroxyl groups is 1. The van der Waals surface area contributed by atoms with Crippen molar-refractivity contribution in [3.05, 3.63) is 131 Å². The molecule has 2 atom stereocenters. The van der Waals surface area contributed by atoms with Crippen LogP contribution in [0.3, 0.4) is 0 Å². The summed E-state index contributed by atoms with van der Waals surface area (Å²) in [4.78, 5) is 13.7. The van der Waals surface area contributed by atoms with Crippen LogP contribution in [0, 0.1) is 0 Å². The van der Waals surface area contributed by atoms with Crippen molar-refractivity contribution < 1.29 is 31.5 Å². The van der Waals surface area contributed by atoms with Gasteiger partial charge in [-0.2, -0.15) is 13.2 Å². The van der Waals surface area contributed by atoms with Crippen molar-refractivity contribution in [2.45, 2.75) is 44.6 Å². The molecule has 0 saturated carbocycles. The first-order valence-electron chi connectivity index (χ1n) is 14.4. The minimum Gasteiger partial charge on any atom is -0.390 e. The molecule has 0 bridgehead atoms. The number of hydrogen-bond acceptors (Lipinski definition) is 5. The van der Waals surface area contributed by atoms with Crippen molar-refractivity contribution in [3.8, 4) is 0 Å². The number of alkyl halides is 3. The van der Waals surface area contributed by atoms with Gasteiger partial charge in [-0.3, -0.25) is 4.79 Å². The fourth-order valence-corrected chi connectivity index (χ4v) is 5.98. The smallest absolute Gasteiger partial charge is 0.390 e. The van der Waals surface area contributed by atoms with Gasteiger partial charge in [-0.15, -0.1) is 0 Å². The van der Waals surface area contributed by atoms with Crippen LogP contribution in [0.1, 0.15) is 39.5 Å². The molecular formula is C34H36F3N3O4S. The predicted molar refractivity (Wildman–Crippen MR) is 170 cm³/mol. The highest BCUT2D eigenvalue weighted by Gasteiger charge is 2.30. The monoisotopic (exact) mass is 639 g/mol. The summed E-state index contributed by atoms with van der Waals surface area (Å²) in [6.07, 6.45) is -3.66. The van der Waals surface area contributed by atoms with Crippen LogP contribution in [-0.2, 0) is 35.6 Å². The second-order valence-corrected chi connectivity index (χ2v) is 12.6. The van der Waals surface area contributed by atoms with Gasteiger partial charge < -0.3 is 15.7 Å². The standard InChI is InChI=1S/C34H36F3N3O4S/c1-3-24-17-27(21-30(19-24)40(45(2,43)44)29-15-8-5-9-16-29)33(42)39-31(20-25-11-6-4-7-12-25)32(41)23-38-22-26-13-10-14-28(18-26)34(35,36)37/h4-19,21,31-32,38,41H,3,20,22-23H2,1-2H3,(H,39,42). The summed E-state index contributed by atoms with van der Waals surface area (Å²) in [6, 6.07) is 26.9. The molecule has 45 heavy (non-hydrogen) atoms. The molecule has 0 spiro atoms. The number of rotatable bonds is 13. The minimum absolute atomic E-state index is 0.00978. The number of carbonyl (C=O) groups is 1. The quantitative estimate of drug-likeness (QED) is 0.170. The fraction of sp³-hybridized carbons (Fsp3) is 0.265. The highest BCUT2D eigenvalue weighted by Crippen LogP contribution is 2.31. The molecule has 4 rings (SSSR count). The first-order valence-corrected chi connectivity index (χ1v) is 16.3. The van der Waals surface area contributed by atoms with Crippen LogP contribution in [0.2, 0.25) is 0 Å². The van der Waals surface area contributed by atoms with E-state index >= 15 is 0 Å². The first-order chi connectivity index (χ1) is 21.3. The number of amides is 1. The average molecular weight is 640 g/mol. The Kier molecular flexibility index (Phi) is 11.0. The summed E-state index contributed by atoms with van der Waals surface area (Å²) in [5, 5.41) is 17.1. The molecule has 4 aromatic carbocycles. The molecular weight excluding hydrogens is 603 g/mol. The highest BCUT2D eigenvalue weighted by molar-refractivity contribution is 7.92. The number of benzene rings is 4. The molecule has 11 heteroatoms. The lowest BCUT2D eigenvalue weighted by Crippen LogP contribution is -2.48. The van der Waals surface area contributed by atoms with E-state index in [2.05, 4.69) is 10.6 Å². The Morgan fingerprint density at radius 1 is 0.844 bits per heavy atom. The molecule has 0 fully saturated rings. The van der Waals surface area contributed by atoms with E-state index in [0.717, 1.165) is 29.5 Å². The van der Waals surface area contributed by atoms with Crippen LogP contribution >= 0.6 is 0 Å². The van der Waals surface area contributed by atoms with E-state index < -0.39 is 39.8 Å². The Morgan fingerprint density at radius 3 is 2.11 bits per heavy atom. The lowest BCUT2D eigenvalue weighted by molar-refractivity contribution is -0.137. The van der Waals surface area contributed by atoms with Crippen molar-refractivity contribution >= 4 is 27.3 Å². The third-order valence-electron chi connectivity index (χ3n) is 7.22. The van der Waals surface area contributed by atoms with E-state index in [0.29, 0.717) is 23.4 Å². The summed E-state index contributed by atoms with van der Waals surface area (Å²) >= 11 is 0. The van der Waals surface area contributed by atoms with E-state index in [9.17, 15) is 31.5 Å². The number of aliphatic hydroxyl groups excluding tert-OH is 1. The van der Waals surface area contributed by atoms with Crippen molar-refractivity contribution in [2.24, 2.45) is 0 Å². The highest BCUT2D eigenvalue weighted by atomic mass is 32.2. The molecule has 0 radical (unpaired) electrons. The van der Waals surface area contributed by atoms with E-state index in [1.165, 1.54) is 16.4 Å². The van der Waals surface area contributed by atoms with Crippen LogP contribution in [0.5, 0.6) is 0 Å². The minimum atomic E-state index is -4.46. The molecule has 238 valence electrons. The van der Waals surface area contributed by atoms with Gasteiger partial charge in [0.1, 0.15) is 0 Å². The van der Waals surface area contributed by atoms with Crippen molar-refractivity contribution in [2.75, 3.05) is 17.1 Å². The molecule has 2 unspecified atom stereocenters. The Morgan fingerprint density at radius 2 is 1.49 bits per heavy atom. The number of sulfonamides is 1. The lowest BCUT2D eigenvalue weighted by atomic mass is 9.99. The topological polar surface area (TPSA) is 98.7 Å². The number of nitrogens with one attached hydrogen (secondary N) is 2. The molecule has 0 saturated heterocycles. The van der Waals surface area contributed by atoms with Crippen LogP contribution in [-0.4, -0.2) is 44.4 Å². The zero-order valence-electron chi connectivity index (χ0n) is 25.0.